The van der Waals surface area contributed by atoms with E-state index in [0.29, 0.717) is 22.5 Å². The number of aromatic nitrogens is 2. The number of nitrogens with one attached hydrogen (secondary N) is 2. The van der Waals surface area contributed by atoms with Crippen LogP contribution in [0.15, 0.2) is 59.7 Å². The Balaban J connectivity index is 1.74. The second kappa shape index (κ2) is 8.08. The van der Waals surface area contributed by atoms with Crippen LogP contribution in [0.25, 0.3) is 11.3 Å². The molecule has 0 fully saturated rings. The van der Waals surface area contributed by atoms with Gasteiger partial charge in [0, 0.05) is 35.4 Å². The van der Waals surface area contributed by atoms with E-state index in [1.54, 1.807) is 19.1 Å². The van der Waals surface area contributed by atoms with Crippen LogP contribution in [0, 0.1) is 20.2 Å². The molecule has 3 aromatic rings. The fourth-order valence-corrected chi connectivity index (χ4v) is 2.47. The Morgan fingerprint density at radius 3 is 2.38 bits per heavy atom. The molecule has 11 heteroatoms. The van der Waals surface area contributed by atoms with Crippen molar-refractivity contribution >= 4 is 23.0 Å². The molecule has 0 aliphatic heterocycles. The van der Waals surface area contributed by atoms with E-state index in [1.165, 1.54) is 42.5 Å². The van der Waals surface area contributed by atoms with Crippen LogP contribution in [-0.4, -0.2) is 31.7 Å². The summed E-state index contributed by atoms with van der Waals surface area (Å²) in [5.74, 6) is -0.584. The van der Waals surface area contributed by atoms with E-state index in [-0.39, 0.29) is 17.1 Å². The average Bonchev–Trinajstić information content (AvgIpc) is 3.22. The first-order chi connectivity index (χ1) is 13.8. The molecule has 0 saturated carbocycles. The van der Waals surface area contributed by atoms with Gasteiger partial charge in [0.15, 0.2) is 0 Å². The lowest BCUT2D eigenvalue weighted by Crippen LogP contribution is -2.19. The Morgan fingerprint density at radius 2 is 1.69 bits per heavy atom. The highest BCUT2D eigenvalue weighted by atomic mass is 16.6. The van der Waals surface area contributed by atoms with Gasteiger partial charge < -0.3 is 0 Å². The normalized spacial score (nSPS) is 11.1. The number of carbonyl (C=O) groups is 1. The summed E-state index contributed by atoms with van der Waals surface area (Å²) < 4.78 is 0. The Hall–Kier alpha value is -4.41. The summed E-state index contributed by atoms with van der Waals surface area (Å²) in [6.45, 7) is 1.60. The Kier molecular flexibility index (Phi) is 5.39. The number of nitrogens with zero attached hydrogens (tertiary/aromatic N) is 4. The molecule has 1 heterocycles. The number of benzene rings is 2. The molecule has 0 aliphatic rings. The third-order valence-corrected chi connectivity index (χ3v) is 3.98. The van der Waals surface area contributed by atoms with Crippen molar-refractivity contribution in [2.45, 2.75) is 6.92 Å². The zero-order valence-electron chi connectivity index (χ0n) is 15.0. The highest BCUT2D eigenvalue weighted by molar-refractivity contribution is 6.01. The quantitative estimate of drug-likeness (QED) is 0.372. The zero-order chi connectivity index (χ0) is 21.0. The predicted molar refractivity (Wildman–Crippen MR) is 103 cm³/mol. The molecule has 0 unspecified atom stereocenters. The summed E-state index contributed by atoms with van der Waals surface area (Å²) >= 11 is 0. The van der Waals surface area contributed by atoms with Crippen molar-refractivity contribution in [2.24, 2.45) is 5.10 Å². The van der Waals surface area contributed by atoms with Crippen molar-refractivity contribution in [1.29, 1.82) is 0 Å². The highest BCUT2D eigenvalue weighted by Gasteiger charge is 2.14. The van der Waals surface area contributed by atoms with Crippen LogP contribution in [0.2, 0.25) is 0 Å². The maximum atomic E-state index is 12.3. The van der Waals surface area contributed by atoms with Crippen LogP contribution in [0.3, 0.4) is 0 Å². The minimum absolute atomic E-state index is 0.0847. The molecule has 29 heavy (non-hydrogen) atoms. The molecule has 1 amide bonds. The minimum Gasteiger partial charge on any atom is -0.272 e. The molecule has 146 valence electrons. The van der Waals surface area contributed by atoms with Gasteiger partial charge in [-0.3, -0.25) is 30.1 Å². The van der Waals surface area contributed by atoms with Crippen molar-refractivity contribution in [2.75, 3.05) is 0 Å². The second-order valence-electron chi connectivity index (χ2n) is 5.92. The SMILES string of the molecule is C/C(=N/NC(=O)c1cc(-c2cccc([N+](=O)[O-])c2)n[nH]1)c1cccc([N+](=O)[O-])c1. The maximum absolute atomic E-state index is 12.3. The number of H-pyrrole nitrogens is 1. The van der Waals surface area contributed by atoms with Crippen LogP contribution in [0.4, 0.5) is 11.4 Å². The zero-order valence-corrected chi connectivity index (χ0v) is 15.0. The molecule has 0 bridgehead atoms. The summed E-state index contributed by atoms with van der Waals surface area (Å²) in [6, 6.07) is 13.2. The largest absolute Gasteiger partial charge is 0.289 e. The minimum atomic E-state index is -0.584. The van der Waals surface area contributed by atoms with Gasteiger partial charge in [0.25, 0.3) is 17.3 Å². The first kappa shape index (κ1) is 19.4. The Morgan fingerprint density at radius 1 is 1.03 bits per heavy atom. The number of rotatable bonds is 6. The fourth-order valence-electron chi connectivity index (χ4n) is 2.47. The summed E-state index contributed by atoms with van der Waals surface area (Å²) in [6.07, 6.45) is 0. The molecular formula is C18H14N6O5. The Labute approximate surface area is 163 Å². The summed E-state index contributed by atoms with van der Waals surface area (Å²) in [7, 11) is 0. The van der Waals surface area contributed by atoms with Crippen molar-refractivity contribution in [1.82, 2.24) is 15.6 Å². The van der Waals surface area contributed by atoms with Crippen molar-refractivity contribution in [3.05, 3.63) is 86.1 Å². The lowest BCUT2D eigenvalue weighted by Gasteiger charge is -2.02. The monoisotopic (exact) mass is 394 g/mol. The van der Waals surface area contributed by atoms with Gasteiger partial charge in [0.05, 0.1) is 21.3 Å². The molecule has 0 radical (unpaired) electrons. The average molecular weight is 394 g/mol. The van der Waals surface area contributed by atoms with Gasteiger partial charge in [0.1, 0.15) is 5.69 Å². The number of amides is 1. The summed E-state index contributed by atoms with van der Waals surface area (Å²) in [5, 5.41) is 32.2. The number of hydrogen-bond donors (Lipinski definition) is 2. The molecule has 1 aromatic heterocycles. The van der Waals surface area contributed by atoms with Gasteiger partial charge in [0.2, 0.25) is 0 Å². The molecule has 0 saturated heterocycles. The van der Waals surface area contributed by atoms with Gasteiger partial charge in [-0.2, -0.15) is 10.2 Å². The van der Waals surface area contributed by atoms with E-state index in [2.05, 4.69) is 20.7 Å². The summed E-state index contributed by atoms with van der Waals surface area (Å²) in [4.78, 5) is 33.0. The molecular weight excluding hydrogens is 380 g/mol. The first-order valence-electron chi connectivity index (χ1n) is 8.25. The van der Waals surface area contributed by atoms with E-state index in [9.17, 15) is 25.0 Å². The van der Waals surface area contributed by atoms with Crippen LogP contribution in [-0.2, 0) is 0 Å². The fraction of sp³-hybridized carbons (Fsp3) is 0.0556. The molecule has 11 nitrogen and oxygen atoms in total. The number of hydrogen-bond acceptors (Lipinski definition) is 7. The molecule has 0 aliphatic carbocycles. The van der Waals surface area contributed by atoms with E-state index < -0.39 is 15.8 Å². The number of nitro groups is 2. The van der Waals surface area contributed by atoms with E-state index >= 15 is 0 Å². The second-order valence-corrected chi connectivity index (χ2v) is 5.92. The topological polar surface area (TPSA) is 156 Å². The molecule has 2 aromatic carbocycles. The molecule has 2 N–H and O–H groups in total. The van der Waals surface area contributed by atoms with E-state index in [1.807, 2.05) is 0 Å². The molecule has 0 atom stereocenters. The third kappa shape index (κ3) is 4.47. The Bertz CT molecular complexity index is 1140. The lowest BCUT2D eigenvalue weighted by molar-refractivity contribution is -0.385. The van der Waals surface area contributed by atoms with Crippen molar-refractivity contribution < 1.29 is 14.6 Å². The van der Waals surface area contributed by atoms with Crippen molar-refractivity contribution in [3.63, 3.8) is 0 Å². The third-order valence-electron chi connectivity index (χ3n) is 3.98. The van der Waals surface area contributed by atoms with Gasteiger partial charge >= 0.3 is 0 Å². The number of hydrazone groups is 1. The van der Waals surface area contributed by atoms with Crippen molar-refractivity contribution in [3.8, 4) is 11.3 Å². The molecule has 0 spiro atoms. The van der Waals surface area contributed by atoms with E-state index in [0.717, 1.165) is 0 Å². The first-order valence-corrected chi connectivity index (χ1v) is 8.25. The van der Waals surface area contributed by atoms with Gasteiger partial charge in [-0.05, 0) is 13.0 Å². The smallest absolute Gasteiger partial charge is 0.272 e. The highest BCUT2D eigenvalue weighted by Crippen LogP contribution is 2.22. The number of non-ortho nitro benzene ring substituents is 2. The van der Waals surface area contributed by atoms with Crippen LogP contribution < -0.4 is 5.43 Å². The lowest BCUT2D eigenvalue weighted by atomic mass is 10.1. The molecule has 3 rings (SSSR count). The van der Waals surface area contributed by atoms with Crippen LogP contribution in [0.5, 0.6) is 0 Å². The van der Waals surface area contributed by atoms with E-state index in [4.69, 9.17) is 0 Å². The number of aromatic amines is 1. The van der Waals surface area contributed by atoms with Gasteiger partial charge in [-0.25, -0.2) is 5.43 Å². The van der Waals surface area contributed by atoms with Crippen LogP contribution >= 0.6 is 0 Å². The number of carbonyl (C=O) groups excluding carboxylic acids is 1. The standard InChI is InChI=1S/C18H14N6O5/c1-11(12-4-2-6-14(8-12)23(26)27)19-22-18(25)17-10-16(20-21-17)13-5-3-7-15(9-13)24(28)29/h2-10H,1H3,(H,20,21)(H,22,25)/b19-11-. The predicted octanol–water partition coefficient (Wildman–Crippen LogP) is 3.05. The van der Waals surface area contributed by atoms with Gasteiger partial charge in [-0.1, -0.05) is 24.3 Å². The number of nitro benzene ring substituents is 2. The van der Waals surface area contributed by atoms with Crippen LogP contribution in [0.1, 0.15) is 23.0 Å². The summed E-state index contributed by atoms with van der Waals surface area (Å²) in [5.41, 5.74) is 3.97. The van der Waals surface area contributed by atoms with Gasteiger partial charge in [-0.15, -0.1) is 0 Å². The maximum Gasteiger partial charge on any atom is 0.289 e.